The molecule has 1 N–H and O–H groups in total. The predicted octanol–water partition coefficient (Wildman–Crippen LogP) is 5.88. The van der Waals surface area contributed by atoms with Crippen molar-refractivity contribution < 1.29 is 19.2 Å². The Kier molecular flexibility index (Phi) is 7.87. The number of nitrogens with zero attached hydrogens (tertiary/aromatic N) is 2. The van der Waals surface area contributed by atoms with Crippen molar-refractivity contribution in [1.82, 2.24) is 5.43 Å². The fraction of sp³-hybridized carbons (Fsp3) is 0.143. The highest BCUT2D eigenvalue weighted by Crippen LogP contribution is 2.27. The minimum absolute atomic E-state index is 0.0242. The Balaban J connectivity index is 1.50. The van der Waals surface area contributed by atoms with E-state index in [1.165, 1.54) is 12.1 Å². The average molecular weight is 484 g/mol. The summed E-state index contributed by atoms with van der Waals surface area (Å²) in [5.74, 6) is 0.937. The Bertz CT molecular complexity index is 1380. The molecule has 4 aromatic rings. The molecule has 0 atom stereocenters. The summed E-state index contributed by atoms with van der Waals surface area (Å²) in [6, 6.07) is 24.7. The Hall–Kier alpha value is -4.72. The van der Waals surface area contributed by atoms with E-state index in [9.17, 15) is 14.9 Å². The number of hydrogen-bond donors (Lipinski definition) is 1. The van der Waals surface area contributed by atoms with Gasteiger partial charge in [0.15, 0.2) is 0 Å². The first-order chi connectivity index (χ1) is 17.5. The molecule has 36 heavy (non-hydrogen) atoms. The van der Waals surface area contributed by atoms with Crippen LogP contribution in [0.1, 0.15) is 34.8 Å². The molecule has 0 aromatic heterocycles. The molecule has 0 bridgehead atoms. The number of non-ortho nitro benzene ring substituents is 1. The summed E-state index contributed by atoms with van der Waals surface area (Å²) in [5, 5.41) is 17.0. The topological polar surface area (TPSA) is 103 Å². The highest BCUT2D eigenvalue weighted by Gasteiger charge is 2.10. The predicted molar refractivity (Wildman–Crippen MR) is 139 cm³/mol. The van der Waals surface area contributed by atoms with E-state index in [1.54, 1.807) is 42.6 Å². The van der Waals surface area contributed by atoms with E-state index in [4.69, 9.17) is 9.47 Å². The number of carbonyl (C=O) groups excluding carboxylic acids is 1. The van der Waals surface area contributed by atoms with Crippen LogP contribution in [0.4, 0.5) is 5.69 Å². The molecule has 0 fully saturated rings. The fourth-order valence-electron chi connectivity index (χ4n) is 3.55. The van der Waals surface area contributed by atoms with Crippen LogP contribution >= 0.6 is 0 Å². The van der Waals surface area contributed by atoms with E-state index in [-0.39, 0.29) is 18.2 Å². The Labute approximate surface area is 208 Å². The number of nitro benzene ring substituents is 1. The molecule has 0 aliphatic carbocycles. The van der Waals surface area contributed by atoms with E-state index in [0.29, 0.717) is 29.2 Å². The van der Waals surface area contributed by atoms with Crippen LogP contribution in [0.15, 0.2) is 90.0 Å². The summed E-state index contributed by atoms with van der Waals surface area (Å²) >= 11 is 0. The number of ether oxygens (including phenoxy) is 2. The van der Waals surface area contributed by atoms with Crippen molar-refractivity contribution in [2.24, 2.45) is 5.10 Å². The Morgan fingerprint density at radius 3 is 2.44 bits per heavy atom. The van der Waals surface area contributed by atoms with Gasteiger partial charge in [0.2, 0.25) is 0 Å². The van der Waals surface area contributed by atoms with Crippen LogP contribution in [0.25, 0.3) is 10.8 Å². The second kappa shape index (κ2) is 11.6. The summed E-state index contributed by atoms with van der Waals surface area (Å²) in [6.45, 7) is 2.87. The molecule has 0 aliphatic heterocycles. The molecule has 0 aliphatic rings. The van der Waals surface area contributed by atoms with Gasteiger partial charge in [-0.3, -0.25) is 14.9 Å². The van der Waals surface area contributed by atoms with Gasteiger partial charge in [-0.15, -0.1) is 0 Å². The molecular formula is C28H25N3O5. The van der Waals surface area contributed by atoms with Gasteiger partial charge < -0.3 is 9.47 Å². The zero-order chi connectivity index (χ0) is 25.3. The van der Waals surface area contributed by atoms with Gasteiger partial charge in [0.1, 0.15) is 18.1 Å². The molecule has 0 saturated carbocycles. The first-order valence-corrected chi connectivity index (χ1v) is 11.5. The summed E-state index contributed by atoms with van der Waals surface area (Å²) in [4.78, 5) is 23.0. The monoisotopic (exact) mass is 483 g/mol. The van der Waals surface area contributed by atoms with E-state index >= 15 is 0 Å². The maximum Gasteiger partial charge on any atom is 0.271 e. The van der Waals surface area contributed by atoms with Gasteiger partial charge in [0, 0.05) is 23.3 Å². The number of fused-ring (bicyclic) bond motifs is 1. The van der Waals surface area contributed by atoms with Gasteiger partial charge in [-0.05, 0) is 65.2 Å². The maximum atomic E-state index is 12.6. The normalized spacial score (nSPS) is 10.9. The van der Waals surface area contributed by atoms with E-state index in [1.807, 2.05) is 43.3 Å². The zero-order valence-electron chi connectivity index (χ0n) is 19.7. The van der Waals surface area contributed by atoms with Crippen molar-refractivity contribution in [3.63, 3.8) is 0 Å². The number of rotatable bonds is 10. The number of carbonyl (C=O) groups is 1. The largest absolute Gasteiger partial charge is 0.494 e. The highest BCUT2D eigenvalue weighted by molar-refractivity contribution is 6.03. The zero-order valence-corrected chi connectivity index (χ0v) is 19.7. The lowest BCUT2D eigenvalue weighted by Crippen LogP contribution is -2.17. The molecular weight excluding hydrogens is 458 g/mol. The number of nitrogens with one attached hydrogen (secondary N) is 1. The van der Waals surface area contributed by atoms with Gasteiger partial charge in [0.05, 0.1) is 17.7 Å². The van der Waals surface area contributed by atoms with Gasteiger partial charge in [-0.2, -0.15) is 5.10 Å². The van der Waals surface area contributed by atoms with Crippen LogP contribution < -0.4 is 14.9 Å². The van der Waals surface area contributed by atoms with Crippen molar-refractivity contribution in [3.8, 4) is 11.5 Å². The third kappa shape index (κ3) is 6.04. The van der Waals surface area contributed by atoms with Crippen molar-refractivity contribution in [1.29, 1.82) is 0 Å². The van der Waals surface area contributed by atoms with Crippen molar-refractivity contribution in [3.05, 3.63) is 112 Å². The fourth-order valence-corrected chi connectivity index (χ4v) is 3.55. The van der Waals surface area contributed by atoms with Gasteiger partial charge >= 0.3 is 0 Å². The average Bonchev–Trinajstić information content (AvgIpc) is 2.91. The lowest BCUT2D eigenvalue weighted by molar-refractivity contribution is -0.384. The standard InChI is InChI=1S/C28H25N3O5/c1-2-17-35-24-14-9-22(10-15-24)28(32)30-29-18-26-25-6-4-3-5-21(25)11-16-27(26)36-19-20-7-12-23(13-8-20)31(33)34/h3-16,18H,2,17,19H2,1H3,(H,30,32)/b29-18+. The van der Waals surface area contributed by atoms with Crippen LogP contribution in [-0.4, -0.2) is 23.7 Å². The number of hydrogen-bond acceptors (Lipinski definition) is 6. The summed E-state index contributed by atoms with van der Waals surface area (Å²) in [6.07, 6.45) is 2.47. The molecule has 0 heterocycles. The second-order valence-corrected chi connectivity index (χ2v) is 7.98. The first-order valence-electron chi connectivity index (χ1n) is 11.5. The SMILES string of the molecule is CCCOc1ccc(C(=O)N/N=C/c2c(OCc3ccc([N+](=O)[O-])cc3)ccc3ccccc23)cc1. The van der Waals surface area contributed by atoms with Crippen LogP contribution in [0.2, 0.25) is 0 Å². The third-order valence-electron chi connectivity index (χ3n) is 5.42. The van der Waals surface area contributed by atoms with Crippen LogP contribution in [0, 0.1) is 10.1 Å². The number of hydrazone groups is 1. The molecule has 0 spiro atoms. The van der Waals surface area contributed by atoms with Crippen molar-refractivity contribution in [2.45, 2.75) is 20.0 Å². The first kappa shape index (κ1) is 24.4. The lowest BCUT2D eigenvalue weighted by atomic mass is 10.0. The van der Waals surface area contributed by atoms with Crippen LogP contribution in [0.3, 0.4) is 0 Å². The number of amides is 1. The quantitative estimate of drug-likeness (QED) is 0.172. The molecule has 182 valence electrons. The Morgan fingerprint density at radius 2 is 1.72 bits per heavy atom. The minimum atomic E-state index is -0.439. The van der Waals surface area contributed by atoms with Crippen LogP contribution in [0.5, 0.6) is 11.5 Å². The molecule has 8 heteroatoms. The lowest BCUT2D eigenvalue weighted by Gasteiger charge is -2.12. The van der Waals surface area contributed by atoms with Gasteiger partial charge in [-0.1, -0.05) is 37.3 Å². The molecule has 8 nitrogen and oxygen atoms in total. The molecule has 0 radical (unpaired) electrons. The van der Waals surface area contributed by atoms with E-state index in [2.05, 4.69) is 10.5 Å². The van der Waals surface area contributed by atoms with E-state index in [0.717, 1.165) is 22.8 Å². The Morgan fingerprint density at radius 1 is 0.972 bits per heavy atom. The second-order valence-electron chi connectivity index (χ2n) is 7.98. The van der Waals surface area contributed by atoms with Crippen molar-refractivity contribution >= 4 is 28.6 Å². The van der Waals surface area contributed by atoms with E-state index < -0.39 is 4.92 Å². The molecule has 0 unspecified atom stereocenters. The minimum Gasteiger partial charge on any atom is -0.494 e. The number of benzene rings is 4. The molecule has 0 saturated heterocycles. The van der Waals surface area contributed by atoms with Gasteiger partial charge in [0.25, 0.3) is 11.6 Å². The van der Waals surface area contributed by atoms with Gasteiger partial charge in [-0.25, -0.2) is 5.43 Å². The van der Waals surface area contributed by atoms with Crippen molar-refractivity contribution in [2.75, 3.05) is 6.61 Å². The summed E-state index contributed by atoms with van der Waals surface area (Å²) < 4.78 is 11.6. The van der Waals surface area contributed by atoms with Crippen LogP contribution in [-0.2, 0) is 6.61 Å². The summed E-state index contributed by atoms with van der Waals surface area (Å²) in [5.41, 5.74) is 4.54. The smallest absolute Gasteiger partial charge is 0.271 e. The maximum absolute atomic E-state index is 12.6. The summed E-state index contributed by atoms with van der Waals surface area (Å²) in [7, 11) is 0. The molecule has 1 amide bonds. The molecule has 4 aromatic carbocycles. The number of nitro groups is 1. The third-order valence-corrected chi connectivity index (χ3v) is 5.42. The highest BCUT2D eigenvalue weighted by atomic mass is 16.6. The molecule has 4 rings (SSSR count).